The summed E-state index contributed by atoms with van der Waals surface area (Å²) in [7, 11) is 0. The van der Waals surface area contributed by atoms with E-state index in [1.165, 1.54) is 0 Å². The van der Waals surface area contributed by atoms with Crippen molar-refractivity contribution in [3.05, 3.63) is 29.3 Å². The molecule has 2 aromatic rings. The molecule has 0 amide bonds. The SMILES string of the molecule is CCN(CC)CC(C)n1c(-c2ccncc2)n[nH]c1=S. The summed E-state index contributed by atoms with van der Waals surface area (Å²) in [4.78, 5) is 6.43. The highest BCUT2D eigenvalue weighted by Crippen LogP contribution is 2.21. The Labute approximate surface area is 124 Å². The molecule has 20 heavy (non-hydrogen) atoms. The third-order valence-electron chi connectivity index (χ3n) is 3.50. The summed E-state index contributed by atoms with van der Waals surface area (Å²) in [6, 6.07) is 4.17. The summed E-state index contributed by atoms with van der Waals surface area (Å²) in [5.41, 5.74) is 1.03. The molecule has 0 saturated carbocycles. The average molecular weight is 291 g/mol. The van der Waals surface area contributed by atoms with E-state index in [4.69, 9.17) is 12.2 Å². The highest BCUT2D eigenvalue weighted by molar-refractivity contribution is 7.71. The number of hydrogen-bond donors (Lipinski definition) is 1. The molecular weight excluding hydrogens is 270 g/mol. The number of aromatic amines is 1. The van der Waals surface area contributed by atoms with Crippen LogP contribution < -0.4 is 0 Å². The van der Waals surface area contributed by atoms with Gasteiger partial charge in [0.15, 0.2) is 10.6 Å². The quantitative estimate of drug-likeness (QED) is 0.831. The van der Waals surface area contributed by atoms with Crippen LogP contribution in [-0.2, 0) is 0 Å². The Hall–Kier alpha value is -1.53. The molecule has 0 fully saturated rings. The maximum absolute atomic E-state index is 5.39. The van der Waals surface area contributed by atoms with Gasteiger partial charge in [0.05, 0.1) is 0 Å². The summed E-state index contributed by atoms with van der Waals surface area (Å²) >= 11 is 5.39. The van der Waals surface area contributed by atoms with Crippen LogP contribution in [-0.4, -0.2) is 44.3 Å². The van der Waals surface area contributed by atoms with Crippen LogP contribution in [0.2, 0.25) is 0 Å². The maximum Gasteiger partial charge on any atom is 0.195 e. The number of likely N-dealkylation sites (N-methyl/N-ethyl adjacent to an activating group) is 1. The molecule has 1 N–H and O–H groups in total. The van der Waals surface area contributed by atoms with Crippen LogP contribution in [0.25, 0.3) is 11.4 Å². The fraction of sp³-hybridized carbons (Fsp3) is 0.500. The second kappa shape index (κ2) is 6.76. The Morgan fingerprint density at radius 2 is 1.95 bits per heavy atom. The molecule has 5 nitrogen and oxygen atoms in total. The Balaban J connectivity index is 2.32. The van der Waals surface area contributed by atoms with Crippen LogP contribution in [0, 0.1) is 4.77 Å². The van der Waals surface area contributed by atoms with Crippen LogP contribution in [0.1, 0.15) is 26.8 Å². The fourth-order valence-electron chi connectivity index (χ4n) is 2.36. The number of pyridine rings is 1. The third-order valence-corrected chi connectivity index (χ3v) is 3.79. The molecule has 1 unspecified atom stereocenters. The highest BCUT2D eigenvalue weighted by atomic mass is 32.1. The van der Waals surface area contributed by atoms with Gasteiger partial charge in [0.1, 0.15) is 0 Å². The van der Waals surface area contributed by atoms with Crippen molar-refractivity contribution < 1.29 is 0 Å². The second-order valence-electron chi connectivity index (χ2n) is 4.79. The van der Waals surface area contributed by atoms with Gasteiger partial charge in [-0.2, -0.15) is 5.10 Å². The summed E-state index contributed by atoms with van der Waals surface area (Å²) in [5, 5.41) is 7.27. The molecule has 0 saturated heterocycles. The van der Waals surface area contributed by atoms with E-state index >= 15 is 0 Å². The van der Waals surface area contributed by atoms with Gasteiger partial charge in [-0.25, -0.2) is 0 Å². The first-order valence-electron chi connectivity index (χ1n) is 6.97. The molecule has 0 aliphatic carbocycles. The van der Waals surface area contributed by atoms with Crippen LogP contribution >= 0.6 is 12.2 Å². The van der Waals surface area contributed by atoms with E-state index in [9.17, 15) is 0 Å². The van der Waals surface area contributed by atoms with Gasteiger partial charge in [0.25, 0.3) is 0 Å². The normalized spacial score (nSPS) is 12.8. The van der Waals surface area contributed by atoms with Crippen LogP contribution in [0.4, 0.5) is 0 Å². The molecule has 6 heteroatoms. The minimum absolute atomic E-state index is 0.268. The summed E-state index contributed by atoms with van der Waals surface area (Å²) in [5.74, 6) is 0.872. The van der Waals surface area contributed by atoms with Gasteiger partial charge in [-0.15, -0.1) is 0 Å². The molecule has 0 aromatic carbocycles. The molecule has 0 aliphatic rings. The van der Waals surface area contributed by atoms with Crippen molar-refractivity contribution in [3.63, 3.8) is 0 Å². The van der Waals surface area contributed by atoms with Crippen molar-refractivity contribution >= 4 is 12.2 Å². The molecule has 2 aromatic heterocycles. The van der Waals surface area contributed by atoms with Crippen molar-refractivity contribution in [2.45, 2.75) is 26.8 Å². The van der Waals surface area contributed by atoms with E-state index in [2.05, 4.69) is 45.4 Å². The number of aromatic nitrogens is 4. The molecule has 0 aliphatic heterocycles. The van der Waals surface area contributed by atoms with Crippen LogP contribution in [0.15, 0.2) is 24.5 Å². The highest BCUT2D eigenvalue weighted by Gasteiger charge is 2.16. The van der Waals surface area contributed by atoms with E-state index in [1.54, 1.807) is 12.4 Å². The van der Waals surface area contributed by atoms with Gasteiger partial charge in [0, 0.05) is 30.5 Å². The minimum atomic E-state index is 0.268. The monoisotopic (exact) mass is 291 g/mol. The zero-order chi connectivity index (χ0) is 14.5. The first kappa shape index (κ1) is 14.9. The van der Waals surface area contributed by atoms with Gasteiger partial charge in [-0.05, 0) is 44.4 Å². The molecule has 1 atom stereocenters. The first-order valence-corrected chi connectivity index (χ1v) is 7.37. The standard InChI is InChI=1S/C14H21N5S/c1-4-18(5-2)10-11(3)19-13(16-17-14(19)20)12-6-8-15-9-7-12/h6-9,11H,4-5,10H2,1-3H3,(H,17,20). The molecular formula is C14H21N5S. The fourth-order valence-corrected chi connectivity index (χ4v) is 2.67. The molecule has 0 bridgehead atoms. The van der Waals surface area contributed by atoms with Crippen molar-refractivity contribution in [2.24, 2.45) is 0 Å². The van der Waals surface area contributed by atoms with E-state index in [1.807, 2.05) is 12.1 Å². The number of nitrogens with one attached hydrogen (secondary N) is 1. The summed E-state index contributed by atoms with van der Waals surface area (Å²) in [6.07, 6.45) is 3.54. The molecule has 0 radical (unpaired) electrons. The Bertz CT molecular complexity index is 585. The van der Waals surface area contributed by atoms with Gasteiger partial charge < -0.3 is 4.90 Å². The van der Waals surface area contributed by atoms with Gasteiger partial charge in [0.2, 0.25) is 0 Å². The number of hydrogen-bond acceptors (Lipinski definition) is 4. The Morgan fingerprint density at radius 1 is 1.30 bits per heavy atom. The lowest BCUT2D eigenvalue weighted by Crippen LogP contribution is -2.29. The van der Waals surface area contributed by atoms with E-state index in [-0.39, 0.29) is 6.04 Å². The van der Waals surface area contributed by atoms with E-state index in [0.717, 1.165) is 31.0 Å². The van der Waals surface area contributed by atoms with Crippen LogP contribution in [0.3, 0.4) is 0 Å². The van der Waals surface area contributed by atoms with Crippen molar-refractivity contribution in [3.8, 4) is 11.4 Å². The van der Waals surface area contributed by atoms with Gasteiger partial charge in [-0.1, -0.05) is 13.8 Å². The smallest absolute Gasteiger partial charge is 0.195 e. The Morgan fingerprint density at radius 3 is 2.55 bits per heavy atom. The largest absolute Gasteiger partial charge is 0.302 e. The van der Waals surface area contributed by atoms with Gasteiger partial charge >= 0.3 is 0 Å². The molecule has 108 valence electrons. The number of H-pyrrole nitrogens is 1. The predicted molar refractivity (Wildman–Crippen MR) is 83.1 cm³/mol. The first-order chi connectivity index (χ1) is 9.67. The van der Waals surface area contributed by atoms with Crippen molar-refractivity contribution in [1.29, 1.82) is 0 Å². The second-order valence-corrected chi connectivity index (χ2v) is 5.18. The van der Waals surface area contributed by atoms with Crippen molar-refractivity contribution in [1.82, 2.24) is 24.6 Å². The lowest BCUT2D eigenvalue weighted by molar-refractivity contribution is 0.261. The maximum atomic E-state index is 5.39. The van der Waals surface area contributed by atoms with Crippen LogP contribution in [0.5, 0.6) is 0 Å². The van der Waals surface area contributed by atoms with Gasteiger partial charge in [-0.3, -0.25) is 14.6 Å². The molecule has 2 rings (SSSR count). The third kappa shape index (κ3) is 3.13. The number of rotatable bonds is 6. The Kier molecular flexibility index (Phi) is 5.03. The average Bonchev–Trinajstić information content (AvgIpc) is 2.87. The van der Waals surface area contributed by atoms with Crippen molar-refractivity contribution in [2.75, 3.05) is 19.6 Å². The van der Waals surface area contributed by atoms with E-state index in [0.29, 0.717) is 4.77 Å². The summed E-state index contributed by atoms with van der Waals surface area (Å²) in [6.45, 7) is 9.56. The predicted octanol–water partition coefficient (Wildman–Crippen LogP) is 2.91. The lowest BCUT2D eigenvalue weighted by atomic mass is 10.2. The number of nitrogens with zero attached hydrogens (tertiary/aromatic N) is 4. The summed E-state index contributed by atoms with van der Waals surface area (Å²) < 4.78 is 2.75. The minimum Gasteiger partial charge on any atom is -0.302 e. The molecule has 2 heterocycles. The zero-order valence-electron chi connectivity index (χ0n) is 12.2. The van der Waals surface area contributed by atoms with E-state index < -0.39 is 0 Å². The topological polar surface area (TPSA) is 49.7 Å². The molecule has 0 spiro atoms. The lowest BCUT2D eigenvalue weighted by Gasteiger charge is -2.24. The zero-order valence-corrected chi connectivity index (χ0v) is 13.0.